The normalized spacial score (nSPS) is 37.4. The van der Waals surface area contributed by atoms with E-state index in [9.17, 15) is 19.5 Å². The zero-order valence-electron chi connectivity index (χ0n) is 29.5. The number of nitrogens with two attached hydrogens (primary N) is 1. The monoisotopic (exact) mass is 632 g/mol. The van der Waals surface area contributed by atoms with Gasteiger partial charge in [-0.3, -0.25) is 9.59 Å². The fourth-order valence-corrected chi connectivity index (χ4v) is 9.61. The average Bonchev–Trinajstić information content (AvgIpc) is 3.26. The van der Waals surface area contributed by atoms with Gasteiger partial charge in [0.1, 0.15) is 11.2 Å². The summed E-state index contributed by atoms with van der Waals surface area (Å²) in [5, 5.41) is 12.6. The third-order valence-electron chi connectivity index (χ3n) is 11.9. The van der Waals surface area contributed by atoms with Crippen LogP contribution in [0.1, 0.15) is 133 Å². The van der Waals surface area contributed by atoms with Gasteiger partial charge in [0.2, 0.25) is 0 Å². The summed E-state index contributed by atoms with van der Waals surface area (Å²) < 4.78 is 16.9. The van der Waals surface area contributed by atoms with Gasteiger partial charge < -0.3 is 29.8 Å². The molecule has 8 heteroatoms. The van der Waals surface area contributed by atoms with E-state index in [0.29, 0.717) is 24.2 Å². The standard InChI is InChI=1S/C37H61NO7/c1-23(10-16-30(39)44-33(2,3)4)26-13-14-27-28-12-11-24-22-25(18-19-36(24,9)37(28,42)21-20-35(26,27)8)43-32(41)29(38)15-17-31(40)45-34(5,6)7/h20-21,23-29,42H,10-19,22,38H2,1-9H3/p+1/t23-,24?,25?,26?,27?,28?,29+,35?,36?,37?/m1/s1. The first-order chi connectivity index (χ1) is 20.7. The van der Waals surface area contributed by atoms with Gasteiger partial charge >= 0.3 is 17.9 Å². The van der Waals surface area contributed by atoms with Crippen molar-refractivity contribution in [2.24, 2.45) is 46.2 Å². The third-order valence-corrected chi connectivity index (χ3v) is 11.9. The highest BCUT2D eigenvalue weighted by Crippen LogP contribution is 2.67. The predicted molar refractivity (Wildman–Crippen MR) is 176 cm³/mol. The van der Waals surface area contributed by atoms with E-state index < -0.39 is 22.8 Å². The number of carbonyl (C=O) groups is 2. The molecule has 8 nitrogen and oxygen atoms in total. The zero-order valence-corrected chi connectivity index (χ0v) is 29.5. The molecule has 0 heterocycles. The van der Waals surface area contributed by atoms with E-state index in [4.69, 9.17) is 19.9 Å². The van der Waals surface area contributed by atoms with Gasteiger partial charge in [-0.15, -0.1) is 0 Å². The Morgan fingerprint density at radius 2 is 1.49 bits per heavy atom. The molecule has 0 aromatic rings. The second-order valence-corrected chi connectivity index (χ2v) is 17.3. The Balaban J connectivity index is 1.37. The molecule has 45 heavy (non-hydrogen) atoms. The first-order valence-electron chi connectivity index (χ1n) is 17.5. The van der Waals surface area contributed by atoms with Crippen LogP contribution in [0.25, 0.3) is 0 Å². The van der Waals surface area contributed by atoms with E-state index in [1.165, 1.54) is 0 Å². The van der Waals surface area contributed by atoms with E-state index in [1.54, 1.807) is 0 Å². The van der Waals surface area contributed by atoms with Crippen LogP contribution in [0, 0.1) is 40.4 Å². The van der Waals surface area contributed by atoms with E-state index in [-0.39, 0.29) is 59.5 Å². The van der Waals surface area contributed by atoms with Crippen molar-refractivity contribution in [2.45, 2.75) is 162 Å². The number of hydrogen-bond acceptors (Lipinski definition) is 7. The summed E-state index contributed by atoms with van der Waals surface area (Å²) in [6.07, 6.45) is 12.5. The van der Waals surface area contributed by atoms with Crippen LogP contribution >= 0.6 is 0 Å². The van der Waals surface area contributed by atoms with Crippen molar-refractivity contribution < 1.29 is 33.7 Å². The molecule has 0 bridgehead atoms. The van der Waals surface area contributed by atoms with Crippen LogP contribution in [-0.4, -0.2) is 56.8 Å². The van der Waals surface area contributed by atoms with Crippen molar-refractivity contribution >= 4 is 17.9 Å². The van der Waals surface area contributed by atoms with E-state index in [1.807, 2.05) is 41.5 Å². The highest BCUT2D eigenvalue weighted by molar-refractivity contribution is 5.78. The molecular weight excluding hydrogens is 570 g/mol. The molecule has 0 aromatic carbocycles. The second-order valence-electron chi connectivity index (χ2n) is 17.3. The molecule has 4 rings (SSSR count). The van der Waals surface area contributed by atoms with Crippen LogP contribution in [0.5, 0.6) is 0 Å². The molecule has 3 saturated carbocycles. The number of carbonyl (C=O) groups excluding carboxylic acids is 3. The molecule has 0 saturated heterocycles. The molecule has 8 unspecified atom stereocenters. The number of esters is 3. The molecule has 10 atom stereocenters. The molecule has 4 aliphatic rings. The molecule has 3 fully saturated rings. The lowest BCUT2D eigenvalue weighted by atomic mass is 9.44. The fourth-order valence-electron chi connectivity index (χ4n) is 9.61. The van der Waals surface area contributed by atoms with Crippen LogP contribution in [0.2, 0.25) is 0 Å². The molecule has 0 aromatic heterocycles. The Kier molecular flexibility index (Phi) is 10.3. The summed E-state index contributed by atoms with van der Waals surface area (Å²) in [7, 11) is 0. The summed E-state index contributed by atoms with van der Waals surface area (Å²) in [6.45, 7) is 18.1. The molecule has 0 radical (unpaired) electrons. The van der Waals surface area contributed by atoms with E-state index in [0.717, 1.165) is 51.4 Å². The predicted octanol–water partition coefficient (Wildman–Crippen LogP) is 6.63. The molecule has 0 aliphatic heterocycles. The summed E-state index contributed by atoms with van der Waals surface area (Å²) in [6, 6.07) is -0.758. The van der Waals surface area contributed by atoms with Gasteiger partial charge in [0, 0.05) is 31.1 Å². The van der Waals surface area contributed by atoms with Crippen molar-refractivity contribution in [3.63, 3.8) is 0 Å². The molecular formula is C37H62NO7+. The van der Waals surface area contributed by atoms with Crippen molar-refractivity contribution in [1.29, 1.82) is 0 Å². The van der Waals surface area contributed by atoms with Gasteiger partial charge in [-0.25, -0.2) is 0 Å². The van der Waals surface area contributed by atoms with Crippen molar-refractivity contribution in [1.82, 2.24) is 0 Å². The maximum atomic E-state index is 12.6. The van der Waals surface area contributed by atoms with Gasteiger partial charge in [0.05, 0.1) is 5.60 Å². The number of allylic oxidation sites excluding steroid dienone is 1. The second kappa shape index (κ2) is 12.9. The van der Waals surface area contributed by atoms with Crippen molar-refractivity contribution in [3.05, 3.63) is 12.2 Å². The van der Waals surface area contributed by atoms with Gasteiger partial charge in [-0.05, 0) is 121 Å². The summed E-state index contributed by atoms with van der Waals surface area (Å²) in [5.74, 6) is 1.06. The molecule has 4 aliphatic carbocycles. The smallest absolute Gasteiger partial charge is 0.460 e. The largest absolute Gasteiger partial charge is 0.500 e. The molecule has 0 amide bonds. The minimum absolute atomic E-state index is 0.00392. The van der Waals surface area contributed by atoms with Crippen LogP contribution in [0.4, 0.5) is 0 Å². The van der Waals surface area contributed by atoms with Crippen LogP contribution in [-0.2, 0) is 23.8 Å². The first-order valence-corrected chi connectivity index (χ1v) is 17.5. The molecule has 256 valence electrons. The SMILES string of the molecule is C[C@H](CCC(=O)OC(C)(C)C)C1CCC2C3CCC4CC(OC(=[OH+])[C@@H](N)CCC(=O)OC(C)(C)C)CCC4(C)C3(O)C=CC21C. The molecule has 4 N–H and O–H groups in total. The fraction of sp³-hybridized carbons (Fsp3) is 0.865. The third kappa shape index (κ3) is 7.63. The number of fused-ring (bicyclic) bond motifs is 5. The molecule has 0 spiro atoms. The Labute approximate surface area is 271 Å². The van der Waals surface area contributed by atoms with Gasteiger partial charge in [-0.2, -0.15) is 0 Å². The van der Waals surface area contributed by atoms with E-state index in [2.05, 4.69) is 32.9 Å². The van der Waals surface area contributed by atoms with Crippen molar-refractivity contribution in [2.75, 3.05) is 0 Å². The number of aliphatic hydroxyl groups is 1. The summed E-state index contributed by atoms with van der Waals surface area (Å²) >= 11 is 0. The first kappa shape index (κ1) is 35.9. The lowest BCUT2D eigenvalue weighted by Crippen LogP contribution is -2.64. The summed E-state index contributed by atoms with van der Waals surface area (Å²) in [4.78, 5) is 35.2. The van der Waals surface area contributed by atoms with Crippen LogP contribution in [0.15, 0.2) is 12.2 Å². The number of ether oxygens (including phenoxy) is 3. The quantitative estimate of drug-likeness (QED) is 0.126. The van der Waals surface area contributed by atoms with E-state index >= 15 is 0 Å². The Bertz CT molecular complexity index is 1140. The van der Waals surface area contributed by atoms with Crippen LogP contribution in [0.3, 0.4) is 0 Å². The highest BCUT2D eigenvalue weighted by atomic mass is 16.6. The number of rotatable bonds is 9. The Morgan fingerprint density at radius 3 is 2.09 bits per heavy atom. The topological polar surface area (TPSA) is 129 Å². The Morgan fingerprint density at radius 1 is 0.911 bits per heavy atom. The van der Waals surface area contributed by atoms with Gasteiger partial charge in [0.25, 0.3) is 0 Å². The number of hydrogen-bond donors (Lipinski definition) is 2. The minimum atomic E-state index is -0.880. The van der Waals surface area contributed by atoms with Gasteiger partial charge in [-0.1, -0.05) is 32.9 Å². The van der Waals surface area contributed by atoms with Gasteiger partial charge in [0.15, 0.2) is 12.1 Å². The highest BCUT2D eigenvalue weighted by Gasteiger charge is 2.66. The lowest BCUT2D eigenvalue weighted by molar-refractivity contribution is -0.192. The maximum absolute atomic E-state index is 12.6. The Hall–Kier alpha value is -1.93. The average molecular weight is 633 g/mol. The van der Waals surface area contributed by atoms with Crippen LogP contribution < -0.4 is 5.73 Å². The zero-order chi connectivity index (χ0) is 33.6. The lowest BCUT2D eigenvalue weighted by Gasteiger charge is -2.62. The maximum Gasteiger partial charge on any atom is 0.500 e. The summed E-state index contributed by atoms with van der Waals surface area (Å²) in [5.41, 5.74) is 4.00. The minimum Gasteiger partial charge on any atom is -0.460 e. The van der Waals surface area contributed by atoms with Crippen molar-refractivity contribution in [3.8, 4) is 0 Å².